The van der Waals surface area contributed by atoms with Gasteiger partial charge in [0.2, 0.25) is 0 Å². The number of aromatic carboxylic acids is 1. The number of carbonyl (C=O) groups is 1. The van der Waals surface area contributed by atoms with Gasteiger partial charge in [-0.2, -0.15) is 0 Å². The van der Waals surface area contributed by atoms with Crippen molar-refractivity contribution in [3.8, 4) is 11.1 Å². The van der Waals surface area contributed by atoms with Crippen LogP contribution in [0, 0.1) is 23.3 Å². The van der Waals surface area contributed by atoms with Crippen LogP contribution in [-0.2, 0) is 0 Å². The number of nitrogens with zero attached hydrogens (tertiary/aromatic N) is 3. The average molecular weight is 311 g/mol. The predicted octanol–water partition coefficient (Wildman–Crippen LogP) is 4.55. The monoisotopic (exact) mass is 311 g/mol. The second kappa shape index (κ2) is 5.74. The molecule has 0 saturated heterocycles. The second-order valence-electron chi connectivity index (χ2n) is 4.05. The fourth-order valence-electron chi connectivity index (χ4n) is 1.85. The first-order chi connectivity index (χ1) is 10.4. The van der Waals surface area contributed by atoms with Gasteiger partial charge >= 0.3 is 5.97 Å². The second-order valence-corrected chi connectivity index (χ2v) is 4.05. The van der Waals surface area contributed by atoms with Crippen LogP contribution in [0.5, 0.6) is 0 Å². The first-order valence-corrected chi connectivity index (χ1v) is 5.63. The Morgan fingerprint density at radius 2 is 1.55 bits per heavy atom. The highest BCUT2D eigenvalue weighted by atomic mass is 19.2. The molecular weight excluding hydrogens is 306 g/mol. The molecule has 0 amide bonds. The summed E-state index contributed by atoms with van der Waals surface area (Å²) in [7, 11) is 0. The lowest BCUT2D eigenvalue weighted by molar-refractivity contribution is 0.0690. The number of rotatable bonds is 3. The van der Waals surface area contributed by atoms with Crippen molar-refractivity contribution >= 4 is 11.7 Å². The van der Waals surface area contributed by atoms with E-state index in [1.165, 1.54) is 12.1 Å². The van der Waals surface area contributed by atoms with E-state index < -0.39 is 40.4 Å². The molecule has 0 aliphatic heterocycles. The number of hydrogen-bond donors (Lipinski definition) is 1. The Bertz CT molecular complexity index is 815. The standard InChI is InChI=1S/C13H5F4N3O2/c14-9-7(5-1-3-6(4-2-5)19-20-18)8(13(21)22)10(15)12(17)11(9)16/h1-4H,(H,21,22). The predicted molar refractivity (Wildman–Crippen MR) is 67.5 cm³/mol. The lowest BCUT2D eigenvalue weighted by Gasteiger charge is -2.11. The minimum absolute atomic E-state index is 0.117. The molecule has 0 fully saturated rings. The normalized spacial score (nSPS) is 10.2. The van der Waals surface area contributed by atoms with Gasteiger partial charge < -0.3 is 5.11 Å². The molecule has 0 heterocycles. The fourth-order valence-corrected chi connectivity index (χ4v) is 1.85. The summed E-state index contributed by atoms with van der Waals surface area (Å²) in [6.45, 7) is 0. The van der Waals surface area contributed by atoms with Gasteiger partial charge in [-0.15, -0.1) is 0 Å². The van der Waals surface area contributed by atoms with Gasteiger partial charge in [0, 0.05) is 16.2 Å². The van der Waals surface area contributed by atoms with Crippen molar-refractivity contribution in [3.05, 3.63) is 63.5 Å². The molecule has 0 aromatic heterocycles. The molecule has 2 aromatic rings. The molecule has 2 aromatic carbocycles. The smallest absolute Gasteiger partial charge is 0.339 e. The molecular formula is C13H5F4N3O2. The van der Waals surface area contributed by atoms with Crippen LogP contribution in [0.15, 0.2) is 29.4 Å². The zero-order chi connectivity index (χ0) is 16.4. The number of halogens is 4. The molecule has 0 atom stereocenters. The van der Waals surface area contributed by atoms with Gasteiger partial charge in [-0.05, 0) is 11.1 Å². The van der Waals surface area contributed by atoms with E-state index in [-0.39, 0.29) is 11.3 Å². The third-order valence-electron chi connectivity index (χ3n) is 2.80. The van der Waals surface area contributed by atoms with Crippen molar-refractivity contribution in [2.75, 3.05) is 0 Å². The molecule has 0 radical (unpaired) electrons. The highest BCUT2D eigenvalue weighted by Gasteiger charge is 2.29. The van der Waals surface area contributed by atoms with Gasteiger partial charge in [-0.1, -0.05) is 29.4 Å². The molecule has 0 unspecified atom stereocenters. The van der Waals surface area contributed by atoms with E-state index in [1.54, 1.807) is 0 Å². The van der Waals surface area contributed by atoms with E-state index in [0.29, 0.717) is 0 Å². The zero-order valence-corrected chi connectivity index (χ0v) is 10.5. The maximum atomic E-state index is 13.9. The average Bonchev–Trinajstić information content (AvgIpc) is 2.49. The topological polar surface area (TPSA) is 86.1 Å². The zero-order valence-electron chi connectivity index (χ0n) is 10.5. The molecule has 0 aliphatic rings. The summed E-state index contributed by atoms with van der Waals surface area (Å²) in [5.74, 6) is -10.1. The highest BCUT2D eigenvalue weighted by molar-refractivity contribution is 5.96. The summed E-state index contributed by atoms with van der Waals surface area (Å²) in [5.41, 5.74) is 5.89. The summed E-state index contributed by atoms with van der Waals surface area (Å²) in [5, 5.41) is 12.2. The highest BCUT2D eigenvalue weighted by Crippen LogP contribution is 2.33. The number of carboxylic acids is 1. The molecule has 0 bridgehead atoms. The third kappa shape index (κ3) is 2.45. The SMILES string of the molecule is [N-]=[N+]=Nc1ccc(-c2c(F)c(F)c(F)c(F)c2C(=O)O)cc1. The van der Waals surface area contributed by atoms with Gasteiger partial charge in [0.05, 0.1) is 0 Å². The van der Waals surface area contributed by atoms with Crippen molar-refractivity contribution in [1.82, 2.24) is 0 Å². The lowest BCUT2D eigenvalue weighted by atomic mass is 9.97. The van der Waals surface area contributed by atoms with E-state index in [2.05, 4.69) is 10.0 Å². The molecule has 5 nitrogen and oxygen atoms in total. The van der Waals surface area contributed by atoms with Crippen LogP contribution in [0.3, 0.4) is 0 Å². The summed E-state index contributed by atoms with van der Waals surface area (Å²) in [6.07, 6.45) is 0. The van der Waals surface area contributed by atoms with Crippen LogP contribution < -0.4 is 0 Å². The van der Waals surface area contributed by atoms with Crippen molar-refractivity contribution in [3.63, 3.8) is 0 Å². The Morgan fingerprint density at radius 1 is 1.00 bits per heavy atom. The maximum Gasteiger partial charge on any atom is 0.339 e. The van der Waals surface area contributed by atoms with Gasteiger partial charge in [0.1, 0.15) is 5.56 Å². The Labute approximate surface area is 120 Å². The Morgan fingerprint density at radius 3 is 2.05 bits per heavy atom. The van der Waals surface area contributed by atoms with Crippen molar-refractivity contribution in [2.24, 2.45) is 5.11 Å². The van der Waals surface area contributed by atoms with E-state index >= 15 is 0 Å². The largest absolute Gasteiger partial charge is 0.478 e. The maximum absolute atomic E-state index is 13.9. The number of hydrogen-bond acceptors (Lipinski definition) is 2. The molecule has 2 rings (SSSR count). The molecule has 22 heavy (non-hydrogen) atoms. The Kier molecular flexibility index (Phi) is 4.00. The summed E-state index contributed by atoms with van der Waals surface area (Å²) < 4.78 is 54.0. The Hall–Kier alpha value is -3.06. The van der Waals surface area contributed by atoms with Crippen LogP contribution in [0.2, 0.25) is 0 Å². The van der Waals surface area contributed by atoms with Crippen LogP contribution in [0.25, 0.3) is 21.6 Å². The van der Waals surface area contributed by atoms with Crippen molar-refractivity contribution in [1.29, 1.82) is 0 Å². The molecule has 0 saturated carbocycles. The van der Waals surface area contributed by atoms with E-state index in [9.17, 15) is 22.4 Å². The summed E-state index contributed by atoms with van der Waals surface area (Å²) in [6, 6.07) is 4.54. The molecule has 112 valence electrons. The number of azide groups is 1. The molecule has 1 N–H and O–H groups in total. The van der Waals surface area contributed by atoms with Crippen LogP contribution >= 0.6 is 0 Å². The summed E-state index contributed by atoms with van der Waals surface area (Å²) in [4.78, 5) is 13.5. The van der Waals surface area contributed by atoms with E-state index in [1.807, 2.05) is 0 Å². The molecule has 0 aliphatic carbocycles. The van der Waals surface area contributed by atoms with E-state index in [4.69, 9.17) is 10.6 Å². The van der Waals surface area contributed by atoms with Gasteiger partial charge in [-0.25, -0.2) is 22.4 Å². The first kappa shape index (κ1) is 15.3. The minimum Gasteiger partial charge on any atom is -0.478 e. The van der Waals surface area contributed by atoms with E-state index in [0.717, 1.165) is 12.1 Å². The van der Waals surface area contributed by atoms with Gasteiger partial charge in [0.15, 0.2) is 23.3 Å². The van der Waals surface area contributed by atoms with Crippen molar-refractivity contribution in [2.45, 2.75) is 0 Å². The Balaban J connectivity index is 2.78. The number of benzene rings is 2. The molecule has 0 spiro atoms. The number of carboxylic acid groups (broad SMARTS) is 1. The fraction of sp³-hybridized carbons (Fsp3) is 0. The van der Waals surface area contributed by atoms with Crippen molar-refractivity contribution < 1.29 is 27.5 Å². The van der Waals surface area contributed by atoms with Crippen LogP contribution in [0.1, 0.15) is 10.4 Å². The summed E-state index contributed by atoms with van der Waals surface area (Å²) >= 11 is 0. The lowest BCUT2D eigenvalue weighted by Crippen LogP contribution is -2.11. The van der Waals surface area contributed by atoms with Gasteiger partial charge in [0.25, 0.3) is 0 Å². The van der Waals surface area contributed by atoms with Crippen LogP contribution in [0.4, 0.5) is 23.2 Å². The quantitative estimate of drug-likeness (QED) is 0.225. The first-order valence-electron chi connectivity index (χ1n) is 5.63. The minimum atomic E-state index is -2.20. The van der Waals surface area contributed by atoms with Crippen LogP contribution in [-0.4, -0.2) is 11.1 Å². The molecule has 9 heteroatoms. The van der Waals surface area contributed by atoms with Gasteiger partial charge in [-0.3, -0.25) is 0 Å². The third-order valence-corrected chi connectivity index (χ3v) is 2.80.